The number of hydrogen-bond acceptors (Lipinski definition) is 3. The third kappa shape index (κ3) is 5.17. The van der Waals surface area contributed by atoms with E-state index in [1.165, 1.54) is 18.1 Å². The van der Waals surface area contributed by atoms with Crippen LogP contribution in [0, 0.1) is 0 Å². The van der Waals surface area contributed by atoms with Gasteiger partial charge in [-0.25, -0.2) is 4.79 Å². The molecule has 0 aromatic heterocycles. The number of benzene rings is 2. The highest BCUT2D eigenvalue weighted by atomic mass is 16.2. The van der Waals surface area contributed by atoms with E-state index >= 15 is 0 Å². The zero-order chi connectivity index (χ0) is 19.1. The van der Waals surface area contributed by atoms with Gasteiger partial charge in [-0.05, 0) is 18.1 Å². The quantitative estimate of drug-likeness (QED) is 0.856. The fraction of sp³-hybridized carbons (Fsp3) is 0.364. The minimum Gasteiger partial charge on any atom is -0.338 e. The Morgan fingerprint density at radius 2 is 1.41 bits per heavy atom. The van der Waals surface area contributed by atoms with E-state index in [9.17, 15) is 9.59 Å². The Labute approximate surface area is 161 Å². The number of urea groups is 1. The van der Waals surface area contributed by atoms with Crippen LogP contribution in [0.3, 0.4) is 0 Å². The number of piperazine rings is 1. The molecule has 0 radical (unpaired) electrons. The zero-order valence-electron chi connectivity index (χ0n) is 15.8. The summed E-state index contributed by atoms with van der Waals surface area (Å²) in [4.78, 5) is 27.6. The van der Waals surface area contributed by atoms with Gasteiger partial charge in [-0.3, -0.25) is 9.69 Å². The number of carbonyl (C=O) groups excluding carboxylic acids is 2. The maximum Gasteiger partial charge on any atom is 0.317 e. The minimum atomic E-state index is -0.0770. The summed E-state index contributed by atoms with van der Waals surface area (Å²) in [5.41, 5.74) is 2.53. The molecule has 0 bridgehead atoms. The summed E-state index contributed by atoms with van der Waals surface area (Å²) < 4.78 is 0. The Bertz CT molecular complexity index is 701. The van der Waals surface area contributed by atoms with E-state index in [1.807, 2.05) is 17.0 Å². The Kier molecular flexibility index (Phi) is 6.60. The third-order valence-electron chi connectivity index (χ3n) is 4.95. The predicted molar refractivity (Wildman–Crippen MR) is 107 cm³/mol. The van der Waals surface area contributed by atoms with Gasteiger partial charge in [0, 0.05) is 39.1 Å². The molecule has 0 spiro atoms. The molecule has 142 valence electrons. The van der Waals surface area contributed by atoms with Crippen molar-refractivity contribution >= 4 is 11.8 Å². The van der Waals surface area contributed by atoms with Crippen molar-refractivity contribution in [3.8, 4) is 0 Å². The molecule has 0 aliphatic carbocycles. The summed E-state index contributed by atoms with van der Waals surface area (Å²) in [5, 5.41) is 2.84. The lowest BCUT2D eigenvalue weighted by Gasteiger charge is -2.39. The van der Waals surface area contributed by atoms with E-state index in [4.69, 9.17) is 0 Å². The van der Waals surface area contributed by atoms with E-state index in [0.717, 1.165) is 13.1 Å². The summed E-state index contributed by atoms with van der Waals surface area (Å²) in [5.74, 6) is 0.0914. The van der Waals surface area contributed by atoms with Crippen molar-refractivity contribution in [1.82, 2.24) is 15.1 Å². The summed E-state index contributed by atoms with van der Waals surface area (Å²) in [6, 6.07) is 21.1. The second-order valence-electron chi connectivity index (χ2n) is 6.93. The van der Waals surface area contributed by atoms with Crippen LogP contribution in [0.5, 0.6) is 0 Å². The molecule has 1 fully saturated rings. The van der Waals surface area contributed by atoms with Crippen molar-refractivity contribution in [2.75, 3.05) is 32.7 Å². The smallest absolute Gasteiger partial charge is 0.317 e. The van der Waals surface area contributed by atoms with Gasteiger partial charge in [0.15, 0.2) is 0 Å². The van der Waals surface area contributed by atoms with Crippen LogP contribution in [0.2, 0.25) is 0 Å². The van der Waals surface area contributed by atoms with Crippen LogP contribution in [0.1, 0.15) is 30.5 Å². The number of hydrogen-bond donors (Lipinski definition) is 1. The molecule has 0 unspecified atom stereocenters. The van der Waals surface area contributed by atoms with Gasteiger partial charge < -0.3 is 10.2 Å². The first kappa shape index (κ1) is 19.1. The summed E-state index contributed by atoms with van der Waals surface area (Å²) in [7, 11) is 0. The standard InChI is InChI=1S/C22H27N3O2/c1-18(26)12-13-23-22(27)25-16-14-24(15-17-25)21(19-8-4-2-5-9-19)20-10-6-3-7-11-20/h2-11,21H,12-17H2,1H3,(H,23,27). The average molecular weight is 365 g/mol. The summed E-state index contributed by atoms with van der Waals surface area (Å²) >= 11 is 0. The van der Waals surface area contributed by atoms with Crippen molar-refractivity contribution in [2.45, 2.75) is 19.4 Å². The Morgan fingerprint density at radius 1 is 0.889 bits per heavy atom. The summed E-state index contributed by atoms with van der Waals surface area (Å²) in [6.07, 6.45) is 0.385. The number of ketones is 1. The molecule has 1 aliphatic rings. The van der Waals surface area contributed by atoms with Crippen molar-refractivity contribution in [3.63, 3.8) is 0 Å². The molecule has 0 saturated carbocycles. The molecular formula is C22H27N3O2. The molecule has 3 rings (SSSR count). The molecule has 1 heterocycles. The first-order valence-electron chi connectivity index (χ1n) is 9.51. The maximum atomic E-state index is 12.3. The van der Waals surface area contributed by atoms with Gasteiger partial charge in [-0.15, -0.1) is 0 Å². The SMILES string of the molecule is CC(=O)CCNC(=O)N1CCN(C(c2ccccc2)c2ccccc2)CC1. The van der Waals surface area contributed by atoms with Gasteiger partial charge in [-0.2, -0.15) is 0 Å². The number of Topliss-reactive ketones (excluding diaryl/α,β-unsaturated/α-hetero) is 1. The molecule has 2 amide bonds. The minimum absolute atomic E-state index is 0.0770. The number of nitrogens with one attached hydrogen (secondary N) is 1. The highest BCUT2D eigenvalue weighted by Gasteiger charge is 2.27. The Balaban J connectivity index is 1.65. The molecule has 1 aliphatic heterocycles. The van der Waals surface area contributed by atoms with Gasteiger partial charge >= 0.3 is 6.03 Å². The number of rotatable bonds is 6. The molecule has 5 heteroatoms. The largest absolute Gasteiger partial charge is 0.338 e. The van der Waals surface area contributed by atoms with Gasteiger partial charge in [-0.1, -0.05) is 60.7 Å². The van der Waals surface area contributed by atoms with Crippen LogP contribution in [-0.2, 0) is 4.79 Å². The monoisotopic (exact) mass is 365 g/mol. The lowest BCUT2D eigenvalue weighted by molar-refractivity contribution is -0.116. The van der Waals surface area contributed by atoms with Crippen molar-refractivity contribution < 1.29 is 9.59 Å². The Hall–Kier alpha value is -2.66. The molecule has 1 N–H and O–H groups in total. The van der Waals surface area contributed by atoms with Crippen LogP contribution in [0.15, 0.2) is 60.7 Å². The number of nitrogens with zero attached hydrogens (tertiary/aromatic N) is 2. The second-order valence-corrected chi connectivity index (χ2v) is 6.93. The van der Waals surface area contributed by atoms with E-state index in [2.05, 4.69) is 58.7 Å². The van der Waals surface area contributed by atoms with Gasteiger partial charge in [0.25, 0.3) is 0 Å². The highest BCUT2D eigenvalue weighted by Crippen LogP contribution is 2.29. The predicted octanol–water partition coefficient (Wildman–Crippen LogP) is 3.08. The molecule has 2 aromatic rings. The van der Waals surface area contributed by atoms with Gasteiger partial charge in [0.2, 0.25) is 0 Å². The van der Waals surface area contributed by atoms with Crippen molar-refractivity contribution in [3.05, 3.63) is 71.8 Å². The molecule has 27 heavy (non-hydrogen) atoms. The van der Waals surface area contributed by atoms with E-state index in [0.29, 0.717) is 26.1 Å². The van der Waals surface area contributed by atoms with Crippen LogP contribution >= 0.6 is 0 Å². The van der Waals surface area contributed by atoms with Crippen LogP contribution in [0.4, 0.5) is 4.79 Å². The normalized spacial score (nSPS) is 15.0. The third-order valence-corrected chi connectivity index (χ3v) is 4.95. The van der Waals surface area contributed by atoms with Crippen molar-refractivity contribution in [1.29, 1.82) is 0 Å². The highest BCUT2D eigenvalue weighted by molar-refractivity contribution is 5.78. The van der Waals surface area contributed by atoms with Crippen molar-refractivity contribution in [2.24, 2.45) is 0 Å². The fourth-order valence-electron chi connectivity index (χ4n) is 3.53. The first-order valence-corrected chi connectivity index (χ1v) is 9.51. The van der Waals surface area contributed by atoms with Gasteiger partial charge in [0.1, 0.15) is 5.78 Å². The molecule has 1 saturated heterocycles. The van der Waals surface area contributed by atoms with Crippen LogP contribution in [-0.4, -0.2) is 54.3 Å². The number of carbonyl (C=O) groups is 2. The molecular weight excluding hydrogens is 338 g/mol. The fourth-order valence-corrected chi connectivity index (χ4v) is 3.53. The average Bonchev–Trinajstić information content (AvgIpc) is 2.70. The number of amides is 2. The Morgan fingerprint density at radius 3 is 1.89 bits per heavy atom. The first-order chi connectivity index (χ1) is 13.1. The van der Waals surface area contributed by atoms with E-state index < -0.39 is 0 Å². The molecule has 0 atom stereocenters. The van der Waals surface area contributed by atoms with Crippen LogP contribution in [0.25, 0.3) is 0 Å². The maximum absolute atomic E-state index is 12.3. The van der Waals surface area contributed by atoms with Crippen LogP contribution < -0.4 is 5.32 Å². The topological polar surface area (TPSA) is 52.7 Å². The van der Waals surface area contributed by atoms with E-state index in [1.54, 1.807) is 0 Å². The van der Waals surface area contributed by atoms with E-state index in [-0.39, 0.29) is 17.9 Å². The zero-order valence-corrected chi connectivity index (χ0v) is 15.8. The lowest BCUT2D eigenvalue weighted by atomic mass is 9.96. The lowest BCUT2D eigenvalue weighted by Crippen LogP contribution is -2.52. The summed E-state index contributed by atoms with van der Waals surface area (Å²) in [6.45, 7) is 4.94. The molecule has 2 aromatic carbocycles. The van der Waals surface area contributed by atoms with Gasteiger partial charge in [0.05, 0.1) is 6.04 Å². The second kappa shape index (κ2) is 9.33. The molecule has 5 nitrogen and oxygen atoms in total.